The van der Waals surface area contributed by atoms with Crippen molar-refractivity contribution in [1.82, 2.24) is 15.1 Å². The number of aryl methyl sites for hydroxylation is 1. The highest BCUT2D eigenvalue weighted by Gasteiger charge is 2.21. The van der Waals surface area contributed by atoms with Crippen molar-refractivity contribution in [3.05, 3.63) is 23.8 Å². The second-order valence-electron chi connectivity index (χ2n) is 5.60. The normalized spacial score (nSPS) is 11.0. The van der Waals surface area contributed by atoms with Gasteiger partial charge in [-0.1, -0.05) is 26.8 Å². The van der Waals surface area contributed by atoms with Crippen LogP contribution in [0.1, 0.15) is 38.7 Å². The number of carbonyl (C=O) groups is 2. The van der Waals surface area contributed by atoms with Crippen molar-refractivity contribution in [1.29, 1.82) is 0 Å². The van der Waals surface area contributed by atoms with Gasteiger partial charge in [-0.15, -0.1) is 0 Å². The summed E-state index contributed by atoms with van der Waals surface area (Å²) in [6.45, 7) is 6.75. The van der Waals surface area contributed by atoms with Crippen LogP contribution in [0.4, 0.5) is 10.6 Å². The van der Waals surface area contributed by atoms with Gasteiger partial charge in [0.25, 0.3) is 0 Å². The molecule has 1 N–H and O–H groups in total. The van der Waals surface area contributed by atoms with Crippen LogP contribution in [0, 0.1) is 0 Å². The number of hydrogen-bond acceptors (Lipinski definition) is 3. The average Bonchev–Trinajstić information content (AvgIpc) is 2.81. The van der Waals surface area contributed by atoms with Crippen LogP contribution in [0.2, 0.25) is 0 Å². The molecule has 3 amide bonds. The molecule has 118 valence electrons. The van der Waals surface area contributed by atoms with E-state index in [-0.39, 0.29) is 0 Å². The predicted molar refractivity (Wildman–Crippen MR) is 87.0 cm³/mol. The van der Waals surface area contributed by atoms with Crippen LogP contribution in [-0.4, -0.2) is 28.8 Å². The SMILES string of the molecule is CCCN(C(=O)NC=O)c1nn(C)c2cc(C(C)C)ccc12. The summed E-state index contributed by atoms with van der Waals surface area (Å²) in [6.07, 6.45) is 1.17. The van der Waals surface area contributed by atoms with Gasteiger partial charge in [0.2, 0.25) is 6.41 Å². The molecule has 2 rings (SSSR count). The molecule has 0 aliphatic rings. The van der Waals surface area contributed by atoms with Crippen LogP contribution in [0.15, 0.2) is 18.2 Å². The molecule has 0 unspecified atom stereocenters. The van der Waals surface area contributed by atoms with E-state index >= 15 is 0 Å². The summed E-state index contributed by atoms with van der Waals surface area (Å²) in [4.78, 5) is 24.2. The number of urea groups is 1. The Labute approximate surface area is 130 Å². The van der Waals surface area contributed by atoms with E-state index < -0.39 is 6.03 Å². The maximum absolute atomic E-state index is 12.1. The Kier molecular flexibility index (Phi) is 4.80. The zero-order chi connectivity index (χ0) is 16.3. The van der Waals surface area contributed by atoms with Crippen LogP contribution >= 0.6 is 0 Å². The van der Waals surface area contributed by atoms with E-state index in [1.54, 1.807) is 4.68 Å². The van der Waals surface area contributed by atoms with Crippen molar-refractivity contribution >= 4 is 29.2 Å². The third kappa shape index (κ3) is 2.95. The highest BCUT2D eigenvalue weighted by molar-refractivity contribution is 6.03. The van der Waals surface area contributed by atoms with Gasteiger partial charge in [-0.2, -0.15) is 5.10 Å². The largest absolute Gasteiger partial charge is 0.329 e. The molecule has 1 aromatic carbocycles. The Balaban J connectivity index is 2.53. The lowest BCUT2D eigenvalue weighted by Crippen LogP contribution is -2.40. The van der Waals surface area contributed by atoms with Crippen molar-refractivity contribution in [2.75, 3.05) is 11.4 Å². The predicted octanol–water partition coefficient (Wildman–Crippen LogP) is 2.78. The summed E-state index contributed by atoms with van der Waals surface area (Å²) in [5.74, 6) is 1.00. The van der Waals surface area contributed by atoms with Crippen LogP contribution in [0.5, 0.6) is 0 Å². The molecule has 0 spiro atoms. The molecule has 0 saturated carbocycles. The monoisotopic (exact) mass is 302 g/mol. The van der Waals surface area contributed by atoms with Crippen molar-refractivity contribution in [2.45, 2.75) is 33.1 Å². The Morgan fingerprint density at radius 1 is 1.45 bits per heavy atom. The summed E-state index contributed by atoms with van der Waals surface area (Å²) in [6, 6.07) is 5.69. The zero-order valence-electron chi connectivity index (χ0n) is 13.5. The Morgan fingerprint density at radius 3 is 2.77 bits per heavy atom. The van der Waals surface area contributed by atoms with Crippen molar-refractivity contribution in [3.8, 4) is 0 Å². The zero-order valence-corrected chi connectivity index (χ0v) is 13.5. The van der Waals surface area contributed by atoms with E-state index in [4.69, 9.17) is 0 Å². The number of rotatable bonds is 5. The maximum Gasteiger partial charge on any atom is 0.329 e. The molecule has 0 saturated heterocycles. The molecular weight excluding hydrogens is 280 g/mol. The molecule has 0 atom stereocenters. The van der Waals surface area contributed by atoms with Crippen LogP contribution in [-0.2, 0) is 11.8 Å². The molecule has 1 aromatic heterocycles. The number of nitrogens with zero attached hydrogens (tertiary/aromatic N) is 3. The number of benzene rings is 1. The lowest BCUT2D eigenvalue weighted by Gasteiger charge is -2.18. The molecule has 22 heavy (non-hydrogen) atoms. The third-order valence-electron chi connectivity index (χ3n) is 3.65. The first-order valence-corrected chi connectivity index (χ1v) is 7.47. The van der Waals surface area contributed by atoms with E-state index in [2.05, 4.69) is 36.4 Å². The number of nitrogens with one attached hydrogen (secondary N) is 1. The fraction of sp³-hybridized carbons (Fsp3) is 0.438. The van der Waals surface area contributed by atoms with E-state index in [9.17, 15) is 9.59 Å². The number of anilines is 1. The van der Waals surface area contributed by atoms with Crippen LogP contribution < -0.4 is 10.2 Å². The van der Waals surface area contributed by atoms with E-state index in [1.807, 2.05) is 20.0 Å². The number of imide groups is 1. The molecule has 0 bridgehead atoms. The summed E-state index contributed by atoms with van der Waals surface area (Å²) >= 11 is 0. The van der Waals surface area contributed by atoms with Gasteiger partial charge in [-0.25, -0.2) is 4.79 Å². The van der Waals surface area contributed by atoms with E-state index in [1.165, 1.54) is 10.5 Å². The van der Waals surface area contributed by atoms with Crippen LogP contribution in [0.3, 0.4) is 0 Å². The van der Waals surface area contributed by atoms with Gasteiger partial charge in [0.05, 0.1) is 5.52 Å². The highest BCUT2D eigenvalue weighted by atomic mass is 16.2. The van der Waals surface area contributed by atoms with Gasteiger partial charge in [0.1, 0.15) is 0 Å². The minimum Gasteiger partial charge on any atom is -0.280 e. The second kappa shape index (κ2) is 6.60. The first-order valence-electron chi connectivity index (χ1n) is 7.47. The van der Waals surface area contributed by atoms with Crippen molar-refractivity contribution < 1.29 is 9.59 Å². The summed E-state index contributed by atoms with van der Waals surface area (Å²) in [5, 5.41) is 7.57. The fourth-order valence-corrected chi connectivity index (χ4v) is 2.47. The summed E-state index contributed by atoms with van der Waals surface area (Å²) in [5.41, 5.74) is 2.20. The Hall–Kier alpha value is -2.37. The number of aromatic nitrogens is 2. The van der Waals surface area contributed by atoms with Gasteiger partial charge in [0.15, 0.2) is 5.82 Å². The first-order chi connectivity index (χ1) is 10.5. The standard InChI is InChI=1S/C16H22N4O2/c1-5-8-20(16(22)17-10-21)15-13-7-6-12(11(2)3)9-14(13)19(4)18-15/h6-7,9-11H,5,8H2,1-4H3,(H,17,21,22). The van der Waals surface area contributed by atoms with Gasteiger partial charge in [0, 0.05) is 19.0 Å². The first kappa shape index (κ1) is 16.0. The lowest BCUT2D eigenvalue weighted by atomic mass is 10.0. The Morgan fingerprint density at radius 2 is 2.18 bits per heavy atom. The van der Waals surface area contributed by atoms with Gasteiger partial charge >= 0.3 is 6.03 Å². The molecule has 0 radical (unpaired) electrons. The molecule has 0 aliphatic carbocycles. The molecule has 2 aromatic rings. The average molecular weight is 302 g/mol. The summed E-state index contributed by atoms with van der Waals surface area (Å²) < 4.78 is 1.77. The molecule has 0 fully saturated rings. The third-order valence-corrected chi connectivity index (χ3v) is 3.65. The maximum atomic E-state index is 12.1. The topological polar surface area (TPSA) is 67.2 Å². The quantitative estimate of drug-likeness (QED) is 0.864. The molecule has 6 heteroatoms. The second-order valence-corrected chi connectivity index (χ2v) is 5.60. The molecule has 0 aliphatic heterocycles. The Bertz CT molecular complexity index is 691. The summed E-state index contributed by atoms with van der Waals surface area (Å²) in [7, 11) is 1.86. The fourth-order valence-electron chi connectivity index (χ4n) is 2.47. The van der Waals surface area contributed by atoms with Gasteiger partial charge in [-0.05, 0) is 30.0 Å². The number of hydrogen-bond donors (Lipinski definition) is 1. The molecule has 1 heterocycles. The van der Waals surface area contributed by atoms with Gasteiger partial charge < -0.3 is 0 Å². The minimum atomic E-state index is -0.454. The molecule has 6 nitrogen and oxygen atoms in total. The van der Waals surface area contributed by atoms with E-state index in [0.29, 0.717) is 24.7 Å². The number of carbonyl (C=O) groups excluding carboxylic acids is 2. The number of amides is 3. The number of fused-ring (bicyclic) bond motifs is 1. The lowest BCUT2D eigenvalue weighted by molar-refractivity contribution is -0.108. The van der Waals surface area contributed by atoms with Gasteiger partial charge in [-0.3, -0.25) is 19.7 Å². The highest BCUT2D eigenvalue weighted by Crippen LogP contribution is 2.29. The van der Waals surface area contributed by atoms with Crippen molar-refractivity contribution in [3.63, 3.8) is 0 Å². The smallest absolute Gasteiger partial charge is 0.280 e. The molecular formula is C16H22N4O2. The van der Waals surface area contributed by atoms with E-state index in [0.717, 1.165) is 17.3 Å². The van der Waals surface area contributed by atoms with Crippen molar-refractivity contribution in [2.24, 2.45) is 7.05 Å². The van der Waals surface area contributed by atoms with Crippen LogP contribution in [0.25, 0.3) is 10.9 Å². The minimum absolute atomic E-state index is 0.396.